The van der Waals surface area contributed by atoms with Gasteiger partial charge in [-0.3, -0.25) is 4.68 Å². The van der Waals surface area contributed by atoms with Gasteiger partial charge in [-0.15, -0.1) is 0 Å². The van der Waals surface area contributed by atoms with Crippen molar-refractivity contribution in [2.45, 2.75) is 38.6 Å². The van der Waals surface area contributed by atoms with Crippen LogP contribution in [0, 0.1) is 18.3 Å². The molecular weight excluding hydrogens is 416 g/mol. The van der Waals surface area contributed by atoms with Crippen molar-refractivity contribution in [3.63, 3.8) is 0 Å². The Hall–Kier alpha value is -4.06. The summed E-state index contributed by atoms with van der Waals surface area (Å²) in [5.74, 6) is 1.78. The SMILES string of the molecule is COc1cc(-c2ccnn2C)c(C)cc1Nc1nc(NC2CCCC2)c2c(C#N)c[nH]c2n1. The van der Waals surface area contributed by atoms with E-state index in [1.54, 1.807) is 19.5 Å². The maximum absolute atomic E-state index is 9.55. The molecular formula is C24H26N8O. The molecule has 0 unspecified atom stereocenters. The minimum absolute atomic E-state index is 0.354. The predicted molar refractivity (Wildman–Crippen MR) is 128 cm³/mol. The number of fused-ring (bicyclic) bond motifs is 1. The van der Waals surface area contributed by atoms with Crippen molar-refractivity contribution >= 4 is 28.5 Å². The van der Waals surface area contributed by atoms with E-state index in [-0.39, 0.29) is 0 Å². The topological polar surface area (TPSA) is 116 Å². The number of aromatic amines is 1. The third kappa shape index (κ3) is 3.84. The van der Waals surface area contributed by atoms with E-state index in [9.17, 15) is 5.26 Å². The number of nitrogens with zero attached hydrogens (tertiary/aromatic N) is 5. The molecule has 1 aromatic carbocycles. The molecule has 3 aromatic heterocycles. The third-order valence-electron chi connectivity index (χ3n) is 6.24. The summed E-state index contributed by atoms with van der Waals surface area (Å²) in [5, 5.41) is 21.4. The highest BCUT2D eigenvalue weighted by Crippen LogP contribution is 2.36. The van der Waals surface area contributed by atoms with Crippen LogP contribution < -0.4 is 15.4 Å². The number of methoxy groups -OCH3 is 1. The lowest BCUT2D eigenvalue weighted by Crippen LogP contribution is -2.16. The molecule has 3 heterocycles. The van der Waals surface area contributed by atoms with Crippen molar-refractivity contribution in [3.8, 4) is 23.1 Å². The van der Waals surface area contributed by atoms with Crippen LogP contribution in [0.2, 0.25) is 0 Å². The molecule has 168 valence electrons. The third-order valence-corrected chi connectivity index (χ3v) is 6.24. The van der Waals surface area contributed by atoms with Gasteiger partial charge in [-0.25, -0.2) is 0 Å². The van der Waals surface area contributed by atoms with Gasteiger partial charge in [-0.1, -0.05) is 12.8 Å². The maximum Gasteiger partial charge on any atom is 0.231 e. The molecule has 0 spiro atoms. The second kappa shape index (κ2) is 8.47. The first-order valence-corrected chi connectivity index (χ1v) is 11.1. The van der Waals surface area contributed by atoms with E-state index in [4.69, 9.17) is 9.72 Å². The zero-order chi connectivity index (χ0) is 22.9. The number of hydrogen-bond donors (Lipinski definition) is 3. The summed E-state index contributed by atoms with van der Waals surface area (Å²) in [4.78, 5) is 12.5. The highest BCUT2D eigenvalue weighted by atomic mass is 16.5. The summed E-state index contributed by atoms with van der Waals surface area (Å²) in [5.41, 5.74) is 5.03. The average molecular weight is 443 g/mol. The van der Waals surface area contributed by atoms with E-state index in [1.165, 1.54) is 12.8 Å². The average Bonchev–Trinajstić information content (AvgIpc) is 3.55. The Labute approximate surface area is 191 Å². The minimum atomic E-state index is 0.354. The van der Waals surface area contributed by atoms with Crippen LogP contribution in [0.5, 0.6) is 5.75 Å². The van der Waals surface area contributed by atoms with E-state index >= 15 is 0 Å². The number of rotatable bonds is 6. The molecule has 0 atom stereocenters. The Morgan fingerprint density at radius 3 is 2.76 bits per heavy atom. The molecule has 1 fully saturated rings. The molecule has 1 aliphatic rings. The molecule has 9 heteroatoms. The second-order valence-electron chi connectivity index (χ2n) is 8.39. The van der Waals surface area contributed by atoms with Crippen molar-refractivity contribution < 1.29 is 4.74 Å². The number of aromatic nitrogens is 5. The monoisotopic (exact) mass is 442 g/mol. The fourth-order valence-corrected chi connectivity index (χ4v) is 4.53. The Bertz CT molecular complexity index is 1360. The van der Waals surface area contributed by atoms with Crippen LogP contribution in [0.15, 0.2) is 30.6 Å². The predicted octanol–water partition coefficient (Wildman–Crippen LogP) is 4.65. The summed E-state index contributed by atoms with van der Waals surface area (Å²) < 4.78 is 7.52. The molecule has 1 saturated carbocycles. The maximum atomic E-state index is 9.55. The van der Waals surface area contributed by atoms with Crippen LogP contribution in [-0.2, 0) is 7.05 Å². The number of aryl methyl sites for hydroxylation is 2. The van der Waals surface area contributed by atoms with Gasteiger partial charge in [0, 0.05) is 31.0 Å². The summed E-state index contributed by atoms with van der Waals surface area (Å²) in [6.07, 6.45) is 8.06. The molecule has 4 aromatic rings. The molecule has 0 saturated heterocycles. The van der Waals surface area contributed by atoms with E-state index in [0.717, 1.165) is 40.7 Å². The van der Waals surface area contributed by atoms with Crippen LogP contribution in [-0.4, -0.2) is 37.9 Å². The smallest absolute Gasteiger partial charge is 0.231 e. The number of anilines is 3. The van der Waals surface area contributed by atoms with E-state index in [1.807, 2.05) is 36.9 Å². The van der Waals surface area contributed by atoms with Gasteiger partial charge in [0.2, 0.25) is 5.95 Å². The van der Waals surface area contributed by atoms with Gasteiger partial charge in [-0.2, -0.15) is 20.3 Å². The summed E-state index contributed by atoms with van der Waals surface area (Å²) >= 11 is 0. The zero-order valence-electron chi connectivity index (χ0n) is 18.9. The van der Waals surface area contributed by atoms with Crippen molar-refractivity contribution in [1.82, 2.24) is 24.7 Å². The molecule has 3 N–H and O–H groups in total. The Morgan fingerprint density at radius 1 is 1.24 bits per heavy atom. The molecule has 1 aliphatic carbocycles. The fourth-order valence-electron chi connectivity index (χ4n) is 4.53. The molecule has 0 aliphatic heterocycles. The number of benzene rings is 1. The van der Waals surface area contributed by atoms with Crippen molar-refractivity contribution in [1.29, 1.82) is 5.26 Å². The highest BCUT2D eigenvalue weighted by molar-refractivity contribution is 5.94. The van der Waals surface area contributed by atoms with E-state index < -0.39 is 0 Å². The molecule has 5 rings (SSSR count). The number of ether oxygens (including phenoxy) is 1. The highest BCUT2D eigenvalue weighted by Gasteiger charge is 2.20. The van der Waals surface area contributed by atoms with Gasteiger partial charge in [0.05, 0.1) is 29.4 Å². The number of H-pyrrole nitrogens is 1. The summed E-state index contributed by atoms with van der Waals surface area (Å²) in [6.45, 7) is 2.05. The quantitative estimate of drug-likeness (QED) is 0.398. The van der Waals surface area contributed by atoms with Crippen molar-refractivity contribution in [3.05, 3.63) is 41.7 Å². The molecule has 0 bridgehead atoms. The Morgan fingerprint density at radius 2 is 2.06 bits per heavy atom. The standard InChI is InChI=1S/C24H26N8O/c1-14-10-18(20(33-3)11-17(14)19-8-9-27-32(19)2)29-24-30-22-21(15(12-25)13-26-22)23(31-24)28-16-6-4-5-7-16/h8-11,13,16H,4-7H2,1-3H3,(H3,26,28,29,30,31). The van der Waals surface area contributed by atoms with Crippen molar-refractivity contribution in [2.75, 3.05) is 17.7 Å². The fraction of sp³-hybridized carbons (Fsp3) is 0.333. The van der Waals surface area contributed by atoms with Gasteiger partial charge in [0.15, 0.2) is 0 Å². The first-order valence-electron chi connectivity index (χ1n) is 11.1. The van der Waals surface area contributed by atoms with Gasteiger partial charge in [-0.05, 0) is 43.5 Å². The van der Waals surface area contributed by atoms with Crippen LogP contribution >= 0.6 is 0 Å². The first kappa shape index (κ1) is 20.8. The number of nitriles is 1. The Kier molecular flexibility index (Phi) is 5.34. The molecule has 9 nitrogen and oxygen atoms in total. The number of nitrogens with one attached hydrogen (secondary N) is 3. The van der Waals surface area contributed by atoms with Gasteiger partial charge in [0.1, 0.15) is 23.3 Å². The summed E-state index contributed by atoms with van der Waals surface area (Å²) in [7, 11) is 3.56. The zero-order valence-corrected chi connectivity index (χ0v) is 18.9. The normalized spacial score (nSPS) is 13.9. The van der Waals surface area contributed by atoms with Gasteiger partial charge in [0.25, 0.3) is 0 Å². The largest absolute Gasteiger partial charge is 0.495 e. The van der Waals surface area contributed by atoms with Crippen LogP contribution in [0.3, 0.4) is 0 Å². The Balaban J connectivity index is 1.54. The summed E-state index contributed by atoms with van der Waals surface area (Å²) in [6, 6.07) is 8.58. The van der Waals surface area contributed by atoms with Gasteiger partial charge < -0.3 is 20.4 Å². The van der Waals surface area contributed by atoms with E-state index in [0.29, 0.717) is 34.8 Å². The second-order valence-corrected chi connectivity index (χ2v) is 8.39. The van der Waals surface area contributed by atoms with Crippen LogP contribution in [0.25, 0.3) is 22.3 Å². The van der Waals surface area contributed by atoms with E-state index in [2.05, 4.69) is 31.8 Å². The molecule has 33 heavy (non-hydrogen) atoms. The van der Waals surface area contributed by atoms with Crippen LogP contribution in [0.1, 0.15) is 36.8 Å². The van der Waals surface area contributed by atoms with Crippen LogP contribution in [0.4, 0.5) is 17.5 Å². The number of hydrogen-bond acceptors (Lipinski definition) is 7. The van der Waals surface area contributed by atoms with Gasteiger partial charge >= 0.3 is 0 Å². The lowest BCUT2D eigenvalue weighted by molar-refractivity contribution is 0.417. The first-order chi connectivity index (χ1) is 16.1. The molecule has 0 amide bonds. The van der Waals surface area contributed by atoms with Crippen molar-refractivity contribution in [2.24, 2.45) is 7.05 Å². The minimum Gasteiger partial charge on any atom is -0.495 e. The lowest BCUT2D eigenvalue weighted by Gasteiger charge is -2.17. The lowest BCUT2D eigenvalue weighted by atomic mass is 10.0. The molecule has 0 radical (unpaired) electrons.